The summed E-state index contributed by atoms with van der Waals surface area (Å²) in [6.45, 7) is 9.09. The summed E-state index contributed by atoms with van der Waals surface area (Å²) in [5, 5.41) is 16.6. The predicted octanol–water partition coefficient (Wildman–Crippen LogP) is 5.25. The second kappa shape index (κ2) is 9.41. The highest BCUT2D eigenvalue weighted by molar-refractivity contribution is 6.15. The Kier molecular flexibility index (Phi) is 6.13. The minimum absolute atomic E-state index is 0.191. The third-order valence-corrected chi connectivity index (χ3v) is 6.48. The number of benzene rings is 1. The van der Waals surface area contributed by atoms with Gasteiger partial charge in [-0.3, -0.25) is 9.48 Å². The predicted molar refractivity (Wildman–Crippen MR) is 141 cm³/mol. The third-order valence-electron chi connectivity index (χ3n) is 6.48. The number of fused-ring (bicyclic) bond motifs is 1. The van der Waals surface area contributed by atoms with Crippen LogP contribution in [0, 0.1) is 6.92 Å². The Morgan fingerprint density at radius 2 is 1.94 bits per heavy atom. The lowest BCUT2D eigenvalue weighted by molar-refractivity contribution is 0.102. The van der Waals surface area contributed by atoms with Crippen LogP contribution in [0.25, 0.3) is 33.5 Å². The maximum atomic E-state index is 13.6. The Hall–Kier alpha value is -4.27. The second-order valence-electron chi connectivity index (χ2n) is 9.23. The van der Waals surface area contributed by atoms with E-state index in [4.69, 9.17) is 0 Å². The fourth-order valence-electron chi connectivity index (χ4n) is 4.62. The summed E-state index contributed by atoms with van der Waals surface area (Å²) in [6, 6.07) is 11.8. The zero-order chi connectivity index (χ0) is 25.4. The maximum Gasteiger partial charge on any atom is 0.259 e. The van der Waals surface area contributed by atoms with Gasteiger partial charge < -0.3 is 14.5 Å². The molecule has 5 rings (SSSR count). The Labute approximate surface area is 209 Å². The average Bonchev–Trinajstić information content (AvgIpc) is 3.59. The molecular formula is C27H30N8O. The van der Waals surface area contributed by atoms with Crippen molar-refractivity contribution < 1.29 is 4.79 Å². The lowest BCUT2D eigenvalue weighted by atomic mass is 10.0. The first kappa shape index (κ1) is 23.5. The normalized spacial score (nSPS) is 11.5. The topological polar surface area (TPSA) is 95.5 Å². The molecular weight excluding hydrogens is 452 g/mol. The lowest BCUT2D eigenvalue weighted by Crippen LogP contribution is -2.14. The van der Waals surface area contributed by atoms with Crippen LogP contribution in [0.3, 0.4) is 0 Å². The molecule has 1 aromatic carbocycles. The third kappa shape index (κ3) is 4.06. The van der Waals surface area contributed by atoms with Gasteiger partial charge in [0.2, 0.25) is 0 Å². The number of para-hydroxylation sites is 1. The van der Waals surface area contributed by atoms with Gasteiger partial charge in [0.25, 0.3) is 5.91 Å². The first-order chi connectivity index (χ1) is 17.4. The van der Waals surface area contributed by atoms with Crippen molar-refractivity contribution in [1.82, 2.24) is 34.1 Å². The van der Waals surface area contributed by atoms with E-state index in [1.54, 1.807) is 12.4 Å². The largest absolute Gasteiger partial charge is 0.347 e. The van der Waals surface area contributed by atoms with Crippen LogP contribution < -0.4 is 5.32 Å². The Bertz CT molecular complexity index is 1560. The zero-order valence-corrected chi connectivity index (χ0v) is 21.2. The van der Waals surface area contributed by atoms with Gasteiger partial charge in [-0.15, -0.1) is 10.2 Å². The van der Waals surface area contributed by atoms with Gasteiger partial charge in [0.1, 0.15) is 17.8 Å². The van der Waals surface area contributed by atoms with Gasteiger partial charge in [0.05, 0.1) is 17.3 Å². The number of nitrogens with one attached hydrogen (secondary N) is 1. The molecule has 4 aromatic heterocycles. The van der Waals surface area contributed by atoms with E-state index in [2.05, 4.69) is 63.2 Å². The van der Waals surface area contributed by atoms with Crippen LogP contribution in [0.1, 0.15) is 49.3 Å². The number of nitrogens with zero attached hydrogens (tertiary/aromatic N) is 7. The summed E-state index contributed by atoms with van der Waals surface area (Å²) in [5.41, 5.74) is 5.25. The molecule has 0 saturated heterocycles. The fraction of sp³-hybridized carbons (Fsp3) is 0.296. The smallest absolute Gasteiger partial charge is 0.259 e. The lowest BCUT2D eigenvalue weighted by Gasteiger charge is -2.11. The second-order valence-corrected chi connectivity index (χ2v) is 9.23. The number of aromatic nitrogens is 7. The zero-order valence-electron chi connectivity index (χ0n) is 21.2. The van der Waals surface area contributed by atoms with Crippen LogP contribution in [0.4, 0.5) is 5.82 Å². The molecule has 0 radical (unpaired) electrons. The van der Waals surface area contributed by atoms with E-state index in [0.29, 0.717) is 22.9 Å². The van der Waals surface area contributed by atoms with Gasteiger partial charge in [-0.2, -0.15) is 5.10 Å². The minimum atomic E-state index is -0.202. The van der Waals surface area contributed by atoms with Crippen LogP contribution >= 0.6 is 0 Å². The van der Waals surface area contributed by atoms with Crippen molar-refractivity contribution in [2.75, 3.05) is 5.32 Å². The number of rotatable bonds is 7. The van der Waals surface area contributed by atoms with Gasteiger partial charge in [-0.1, -0.05) is 31.2 Å². The van der Waals surface area contributed by atoms with Crippen molar-refractivity contribution in [1.29, 1.82) is 0 Å². The number of hydrogen-bond donors (Lipinski definition) is 1. The number of amides is 1. The average molecular weight is 483 g/mol. The molecule has 0 bridgehead atoms. The van der Waals surface area contributed by atoms with Crippen molar-refractivity contribution in [2.24, 2.45) is 7.05 Å². The number of carbonyl (C=O) groups excluding carboxylic acids is 1. The van der Waals surface area contributed by atoms with E-state index in [0.717, 1.165) is 40.7 Å². The van der Waals surface area contributed by atoms with Crippen molar-refractivity contribution >= 4 is 22.6 Å². The standard InChI is InChI=1S/C27H30N8O/c1-6-13-34-15-19(14-29-34)20-9-7-10-21-24(18(4)33(5)25(20)21)27(36)31-23-12-8-11-22(30-23)26-32-28-16-35(26)17(2)3/h7-12,14-17H,6,13H2,1-5H3,(H,30,31,36). The molecule has 0 atom stereocenters. The molecule has 0 saturated carbocycles. The van der Waals surface area contributed by atoms with Gasteiger partial charge >= 0.3 is 0 Å². The molecule has 4 heterocycles. The van der Waals surface area contributed by atoms with Gasteiger partial charge in [0, 0.05) is 48.0 Å². The van der Waals surface area contributed by atoms with E-state index in [-0.39, 0.29) is 11.9 Å². The highest BCUT2D eigenvalue weighted by atomic mass is 16.1. The molecule has 5 aromatic rings. The van der Waals surface area contributed by atoms with Crippen LogP contribution in [0.15, 0.2) is 55.1 Å². The van der Waals surface area contributed by atoms with E-state index < -0.39 is 0 Å². The van der Waals surface area contributed by atoms with E-state index in [9.17, 15) is 4.79 Å². The minimum Gasteiger partial charge on any atom is -0.347 e. The number of aryl methyl sites for hydroxylation is 2. The van der Waals surface area contributed by atoms with Gasteiger partial charge in [0.15, 0.2) is 5.82 Å². The summed E-state index contributed by atoms with van der Waals surface area (Å²) in [5.74, 6) is 0.923. The molecule has 184 valence electrons. The number of hydrogen-bond acceptors (Lipinski definition) is 5. The molecule has 9 heteroatoms. The Morgan fingerprint density at radius 1 is 1.14 bits per heavy atom. The molecule has 0 fully saturated rings. The number of carbonyl (C=O) groups is 1. The van der Waals surface area contributed by atoms with Crippen LogP contribution in [0.2, 0.25) is 0 Å². The van der Waals surface area contributed by atoms with Gasteiger partial charge in [-0.05, 0) is 39.3 Å². The summed E-state index contributed by atoms with van der Waals surface area (Å²) in [4.78, 5) is 18.2. The molecule has 36 heavy (non-hydrogen) atoms. The van der Waals surface area contributed by atoms with Crippen molar-refractivity contribution in [3.63, 3.8) is 0 Å². The van der Waals surface area contributed by atoms with Crippen molar-refractivity contribution in [3.8, 4) is 22.6 Å². The molecule has 0 aliphatic rings. The first-order valence-corrected chi connectivity index (χ1v) is 12.2. The summed E-state index contributed by atoms with van der Waals surface area (Å²) in [6.07, 6.45) is 6.66. The number of anilines is 1. The Balaban J connectivity index is 1.51. The molecule has 1 amide bonds. The van der Waals surface area contributed by atoms with Crippen LogP contribution in [-0.4, -0.2) is 40.0 Å². The Morgan fingerprint density at radius 3 is 2.72 bits per heavy atom. The molecule has 0 unspecified atom stereocenters. The van der Waals surface area contributed by atoms with Crippen molar-refractivity contribution in [3.05, 3.63) is 66.4 Å². The van der Waals surface area contributed by atoms with Crippen LogP contribution in [-0.2, 0) is 13.6 Å². The summed E-state index contributed by atoms with van der Waals surface area (Å²) < 4.78 is 5.98. The maximum absolute atomic E-state index is 13.6. The molecule has 1 N–H and O–H groups in total. The molecule has 0 aliphatic heterocycles. The van der Waals surface area contributed by atoms with Crippen molar-refractivity contribution in [2.45, 2.75) is 46.7 Å². The molecule has 9 nitrogen and oxygen atoms in total. The first-order valence-electron chi connectivity index (χ1n) is 12.2. The summed E-state index contributed by atoms with van der Waals surface area (Å²) >= 11 is 0. The van der Waals surface area contributed by atoms with Gasteiger partial charge in [-0.25, -0.2) is 4.98 Å². The fourth-order valence-corrected chi connectivity index (χ4v) is 4.62. The van der Waals surface area contributed by atoms with E-state index >= 15 is 0 Å². The SMILES string of the molecule is CCCn1cc(-c2cccc3c(C(=O)Nc4cccc(-c5nncn5C(C)C)n4)c(C)n(C)c23)cn1. The molecule has 0 aliphatic carbocycles. The monoisotopic (exact) mass is 482 g/mol. The molecule has 0 spiro atoms. The quantitative estimate of drug-likeness (QED) is 0.342. The number of pyridine rings is 1. The van der Waals surface area contributed by atoms with E-state index in [1.807, 2.05) is 53.7 Å². The van der Waals surface area contributed by atoms with Crippen LogP contribution in [0.5, 0.6) is 0 Å². The summed E-state index contributed by atoms with van der Waals surface area (Å²) in [7, 11) is 1.99. The highest BCUT2D eigenvalue weighted by Crippen LogP contribution is 2.34. The highest BCUT2D eigenvalue weighted by Gasteiger charge is 2.22. The van der Waals surface area contributed by atoms with E-state index in [1.165, 1.54) is 0 Å².